The van der Waals surface area contributed by atoms with Crippen molar-refractivity contribution >= 4 is 11.6 Å². The fourth-order valence-electron chi connectivity index (χ4n) is 5.17. The van der Waals surface area contributed by atoms with Crippen LogP contribution in [0.15, 0.2) is 84.9 Å². The Balaban J connectivity index is 1.80. The van der Waals surface area contributed by atoms with Crippen molar-refractivity contribution in [3.05, 3.63) is 107 Å². The number of rotatable bonds is 2. The first kappa shape index (κ1) is 21.0. The van der Waals surface area contributed by atoms with E-state index < -0.39 is 0 Å². The Kier molecular flexibility index (Phi) is 4.84. The Bertz CT molecular complexity index is 1300. The summed E-state index contributed by atoms with van der Waals surface area (Å²) in [6.45, 7) is 11.4. The zero-order valence-electron chi connectivity index (χ0n) is 19.5. The maximum Gasteiger partial charge on any atom is 0.0409 e. The average molecular weight is 437 g/mol. The van der Waals surface area contributed by atoms with E-state index in [2.05, 4.69) is 113 Å². The second kappa shape index (κ2) is 7.36. The van der Waals surface area contributed by atoms with E-state index in [4.69, 9.17) is 11.6 Å². The minimum Gasteiger partial charge on any atom is -0.0843 e. The normalized spacial score (nSPS) is 14.2. The van der Waals surface area contributed by atoms with Gasteiger partial charge in [0.05, 0.1) is 0 Å². The van der Waals surface area contributed by atoms with Gasteiger partial charge in [-0.3, -0.25) is 0 Å². The summed E-state index contributed by atoms with van der Waals surface area (Å²) in [6, 6.07) is 30.8. The molecule has 1 aliphatic carbocycles. The highest BCUT2D eigenvalue weighted by molar-refractivity contribution is 6.30. The predicted octanol–water partition coefficient (Wildman–Crippen LogP) is 9.28. The fraction of sp³-hybridized carbons (Fsp3) is 0.226. The van der Waals surface area contributed by atoms with Crippen molar-refractivity contribution in [1.29, 1.82) is 0 Å². The third-order valence-corrected chi connectivity index (χ3v) is 7.14. The third-order valence-electron chi connectivity index (χ3n) is 6.90. The van der Waals surface area contributed by atoms with Gasteiger partial charge in [-0.25, -0.2) is 0 Å². The molecule has 0 atom stereocenters. The Morgan fingerprint density at radius 3 is 1.91 bits per heavy atom. The van der Waals surface area contributed by atoms with Crippen molar-refractivity contribution in [1.82, 2.24) is 0 Å². The van der Waals surface area contributed by atoms with Crippen molar-refractivity contribution in [3.63, 3.8) is 0 Å². The molecule has 0 aliphatic heterocycles. The quantitative estimate of drug-likeness (QED) is 0.293. The van der Waals surface area contributed by atoms with Gasteiger partial charge in [0.1, 0.15) is 0 Å². The lowest BCUT2D eigenvalue weighted by molar-refractivity contribution is 0.590. The molecule has 0 unspecified atom stereocenters. The molecule has 160 valence electrons. The zero-order chi connectivity index (χ0) is 22.7. The van der Waals surface area contributed by atoms with Crippen LogP contribution in [0.1, 0.15) is 51.3 Å². The first-order valence-electron chi connectivity index (χ1n) is 11.3. The Morgan fingerprint density at radius 2 is 1.25 bits per heavy atom. The summed E-state index contributed by atoms with van der Waals surface area (Å²) in [7, 11) is 0. The molecule has 4 aromatic carbocycles. The van der Waals surface area contributed by atoms with E-state index in [1.165, 1.54) is 50.1 Å². The maximum atomic E-state index is 6.47. The van der Waals surface area contributed by atoms with Crippen LogP contribution in [0, 0.1) is 0 Å². The molecule has 0 aromatic heterocycles. The second-order valence-corrected chi connectivity index (χ2v) is 10.9. The molecule has 0 nitrogen and oxygen atoms in total. The molecule has 32 heavy (non-hydrogen) atoms. The number of halogens is 1. The lowest BCUT2D eigenvalue weighted by Crippen LogP contribution is -2.16. The number of fused-ring (bicyclic) bond motifs is 3. The predicted molar refractivity (Wildman–Crippen MR) is 139 cm³/mol. The summed E-state index contributed by atoms with van der Waals surface area (Å²) in [6.07, 6.45) is 0. The van der Waals surface area contributed by atoms with Crippen LogP contribution in [0.5, 0.6) is 0 Å². The van der Waals surface area contributed by atoms with E-state index in [9.17, 15) is 0 Å². The first-order valence-corrected chi connectivity index (χ1v) is 11.7. The van der Waals surface area contributed by atoms with Gasteiger partial charge in [-0.2, -0.15) is 0 Å². The first-order chi connectivity index (χ1) is 15.2. The molecule has 1 aliphatic rings. The summed E-state index contributed by atoms with van der Waals surface area (Å²) in [5, 5.41) is 0.793. The van der Waals surface area contributed by atoms with Gasteiger partial charge in [0.25, 0.3) is 0 Å². The van der Waals surface area contributed by atoms with Crippen LogP contribution in [0.2, 0.25) is 5.02 Å². The summed E-state index contributed by atoms with van der Waals surface area (Å²) in [5.74, 6) is 0. The molecule has 0 saturated carbocycles. The van der Waals surface area contributed by atoms with Crippen molar-refractivity contribution in [2.75, 3.05) is 0 Å². The molecule has 0 N–H and O–H groups in total. The highest BCUT2D eigenvalue weighted by atomic mass is 35.5. The smallest absolute Gasteiger partial charge is 0.0409 e. The molecule has 4 aromatic rings. The lowest BCUT2D eigenvalue weighted by Gasteiger charge is -2.25. The summed E-state index contributed by atoms with van der Waals surface area (Å²) in [4.78, 5) is 0. The molecule has 0 fully saturated rings. The molecule has 0 heterocycles. The van der Waals surface area contributed by atoms with Crippen LogP contribution in [0.25, 0.3) is 33.4 Å². The van der Waals surface area contributed by atoms with Gasteiger partial charge in [-0.05, 0) is 67.6 Å². The molecule has 0 saturated heterocycles. The molecule has 0 bridgehead atoms. The lowest BCUT2D eigenvalue weighted by atomic mass is 9.77. The maximum absolute atomic E-state index is 6.47. The van der Waals surface area contributed by atoms with Crippen LogP contribution in [-0.4, -0.2) is 0 Å². The van der Waals surface area contributed by atoms with Crippen LogP contribution in [0.3, 0.4) is 0 Å². The standard InChI is InChI=1S/C31H29Cl/c1-30(2,3)22-13-11-21(12-14-22)24-17-18-25(20-9-7-6-8-10-20)29-28(24)26-16-15-23(32)19-27(26)31(29,4)5/h6-19H,1-5H3. The zero-order valence-corrected chi connectivity index (χ0v) is 20.2. The Morgan fingerprint density at radius 1 is 0.656 bits per heavy atom. The molecular formula is C31H29Cl. The van der Waals surface area contributed by atoms with Gasteiger partial charge in [0.15, 0.2) is 0 Å². The SMILES string of the molecule is CC(C)(C)c1ccc(-c2ccc(-c3ccccc3)c3c2-c2ccc(Cl)cc2C3(C)C)cc1. The fourth-order valence-corrected chi connectivity index (χ4v) is 5.34. The van der Waals surface area contributed by atoms with Gasteiger partial charge in [0.2, 0.25) is 0 Å². The summed E-state index contributed by atoms with van der Waals surface area (Å²) >= 11 is 6.47. The van der Waals surface area contributed by atoms with Crippen LogP contribution >= 0.6 is 11.6 Å². The summed E-state index contributed by atoms with van der Waals surface area (Å²) in [5.41, 5.74) is 11.8. The van der Waals surface area contributed by atoms with Crippen molar-refractivity contribution < 1.29 is 0 Å². The highest BCUT2D eigenvalue weighted by Gasteiger charge is 2.39. The molecule has 0 amide bonds. The Hall–Kier alpha value is -2.83. The molecule has 5 rings (SSSR count). The van der Waals surface area contributed by atoms with E-state index in [0.717, 1.165) is 5.02 Å². The number of benzene rings is 4. The van der Waals surface area contributed by atoms with Gasteiger partial charge < -0.3 is 0 Å². The molecular weight excluding hydrogens is 408 g/mol. The number of hydrogen-bond donors (Lipinski definition) is 0. The van der Waals surface area contributed by atoms with Gasteiger partial charge >= 0.3 is 0 Å². The van der Waals surface area contributed by atoms with Gasteiger partial charge in [0, 0.05) is 10.4 Å². The van der Waals surface area contributed by atoms with Crippen molar-refractivity contribution in [3.8, 4) is 33.4 Å². The van der Waals surface area contributed by atoms with Crippen LogP contribution < -0.4 is 0 Å². The minimum atomic E-state index is -0.137. The van der Waals surface area contributed by atoms with Gasteiger partial charge in [-0.15, -0.1) is 0 Å². The number of hydrogen-bond acceptors (Lipinski definition) is 0. The third kappa shape index (κ3) is 3.29. The van der Waals surface area contributed by atoms with Crippen molar-refractivity contribution in [2.45, 2.75) is 45.4 Å². The molecule has 0 radical (unpaired) electrons. The van der Waals surface area contributed by atoms with Gasteiger partial charge in [-0.1, -0.05) is 119 Å². The van der Waals surface area contributed by atoms with E-state index in [1.807, 2.05) is 6.07 Å². The minimum absolute atomic E-state index is 0.137. The largest absolute Gasteiger partial charge is 0.0843 e. The van der Waals surface area contributed by atoms with E-state index in [0.29, 0.717) is 0 Å². The van der Waals surface area contributed by atoms with E-state index in [1.54, 1.807) is 0 Å². The second-order valence-electron chi connectivity index (χ2n) is 10.4. The van der Waals surface area contributed by atoms with Crippen molar-refractivity contribution in [2.24, 2.45) is 0 Å². The monoisotopic (exact) mass is 436 g/mol. The highest BCUT2D eigenvalue weighted by Crippen LogP contribution is 2.55. The summed E-state index contributed by atoms with van der Waals surface area (Å²) < 4.78 is 0. The average Bonchev–Trinajstić information content (AvgIpc) is 3.01. The molecule has 0 spiro atoms. The Labute approximate surface area is 196 Å². The van der Waals surface area contributed by atoms with Crippen LogP contribution in [-0.2, 0) is 10.8 Å². The van der Waals surface area contributed by atoms with E-state index >= 15 is 0 Å². The van der Waals surface area contributed by atoms with E-state index in [-0.39, 0.29) is 10.8 Å². The van der Waals surface area contributed by atoms with Crippen LogP contribution in [0.4, 0.5) is 0 Å². The molecule has 1 heteroatoms. The topological polar surface area (TPSA) is 0 Å².